The summed E-state index contributed by atoms with van der Waals surface area (Å²) in [6.45, 7) is 2.04. The Hall–Kier alpha value is -6.19. The molecule has 0 fully saturated rings. The van der Waals surface area contributed by atoms with Gasteiger partial charge in [-0.1, -0.05) is 133 Å². The molecule has 3 heteroatoms. The standard InChI is InChI=1S/C45H33N3/c1-2-12-31(36-18-11-26-46-30-36)24-25-37-29-44(48-45(47-37)42-23-10-15-32-13-3-5-19-38(32)42)35-17-9-16-33(27-35)43-28-34-14-4-6-20-39(34)40-21-7-8-22-41(40)43/h2-24,26-30H,25H2,1H3/b12-2-,31-24+. The van der Waals surface area contributed by atoms with Crippen LogP contribution in [-0.4, -0.2) is 15.0 Å². The van der Waals surface area contributed by atoms with E-state index in [-0.39, 0.29) is 0 Å². The third-order valence-electron chi connectivity index (χ3n) is 8.92. The van der Waals surface area contributed by atoms with Gasteiger partial charge in [0.05, 0.1) is 5.69 Å². The molecule has 0 unspecified atom stereocenters. The van der Waals surface area contributed by atoms with Crippen LogP contribution in [0.5, 0.6) is 0 Å². The molecule has 0 N–H and O–H groups in total. The molecule has 3 nitrogen and oxygen atoms in total. The topological polar surface area (TPSA) is 38.7 Å². The highest BCUT2D eigenvalue weighted by molar-refractivity contribution is 6.13. The van der Waals surface area contributed by atoms with Gasteiger partial charge >= 0.3 is 0 Å². The molecule has 6 aromatic carbocycles. The Bertz CT molecular complexity index is 2490. The Morgan fingerprint density at radius 1 is 0.583 bits per heavy atom. The highest BCUT2D eigenvalue weighted by Crippen LogP contribution is 2.37. The minimum absolute atomic E-state index is 0.650. The van der Waals surface area contributed by atoms with Crippen LogP contribution in [0.3, 0.4) is 0 Å². The van der Waals surface area contributed by atoms with Gasteiger partial charge in [0, 0.05) is 35.6 Å². The van der Waals surface area contributed by atoms with Crippen molar-refractivity contribution in [2.45, 2.75) is 13.3 Å². The lowest BCUT2D eigenvalue weighted by Crippen LogP contribution is -1.99. The minimum Gasteiger partial charge on any atom is -0.264 e. The van der Waals surface area contributed by atoms with Crippen LogP contribution < -0.4 is 0 Å². The van der Waals surface area contributed by atoms with Gasteiger partial charge < -0.3 is 0 Å². The smallest absolute Gasteiger partial charge is 0.160 e. The van der Waals surface area contributed by atoms with Gasteiger partial charge in [-0.25, -0.2) is 9.97 Å². The quantitative estimate of drug-likeness (QED) is 0.132. The van der Waals surface area contributed by atoms with Crippen LogP contribution in [0.1, 0.15) is 18.2 Å². The van der Waals surface area contributed by atoms with Crippen LogP contribution in [0.15, 0.2) is 170 Å². The molecule has 228 valence electrons. The largest absolute Gasteiger partial charge is 0.264 e. The van der Waals surface area contributed by atoms with Gasteiger partial charge in [-0.05, 0) is 85.8 Å². The summed E-state index contributed by atoms with van der Waals surface area (Å²) < 4.78 is 0. The van der Waals surface area contributed by atoms with E-state index in [1.54, 1.807) is 6.20 Å². The minimum atomic E-state index is 0.650. The van der Waals surface area contributed by atoms with Gasteiger partial charge in [0.1, 0.15) is 0 Å². The molecule has 2 heterocycles. The summed E-state index contributed by atoms with van der Waals surface area (Å²) in [7, 11) is 0. The Labute approximate surface area is 280 Å². The van der Waals surface area contributed by atoms with E-state index in [2.05, 4.69) is 157 Å². The van der Waals surface area contributed by atoms with E-state index in [9.17, 15) is 0 Å². The first kappa shape index (κ1) is 29.2. The van der Waals surface area contributed by atoms with Crippen molar-refractivity contribution >= 4 is 37.9 Å². The number of benzene rings is 6. The zero-order valence-electron chi connectivity index (χ0n) is 26.7. The summed E-state index contributed by atoms with van der Waals surface area (Å²) in [5, 5.41) is 7.31. The van der Waals surface area contributed by atoms with Gasteiger partial charge in [-0.3, -0.25) is 4.98 Å². The molecular weight excluding hydrogens is 583 g/mol. The molecule has 2 aromatic heterocycles. The van der Waals surface area contributed by atoms with Gasteiger partial charge in [0.25, 0.3) is 0 Å². The summed E-state index contributed by atoms with van der Waals surface area (Å²) in [5.74, 6) is 0.725. The van der Waals surface area contributed by atoms with Gasteiger partial charge in [0.2, 0.25) is 0 Å². The summed E-state index contributed by atoms with van der Waals surface area (Å²) >= 11 is 0. The molecule has 8 aromatic rings. The average Bonchev–Trinajstić information content (AvgIpc) is 3.16. The van der Waals surface area contributed by atoms with Crippen molar-refractivity contribution in [3.8, 4) is 33.8 Å². The van der Waals surface area contributed by atoms with Crippen LogP contribution in [0.25, 0.3) is 71.7 Å². The van der Waals surface area contributed by atoms with E-state index in [0.717, 1.165) is 50.4 Å². The van der Waals surface area contributed by atoms with Crippen molar-refractivity contribution < 1.29 is 0 Å². The van der Waals surface area contributed by atoms with E-state index in [1.165, 1.54) is 32.5 Å². The van der Waals surface area contributed by atoms with E-state index in [1.807, 2.05) is 19.2 Å². The molecule has 0 atom stereocenters. The average molecular weight is 616 g/mol. The zero-order valence-corrected chi connectivity index (χ0v) is 26.7. The Morgan fingerprint density at radius 2 is 1.31 bits per heavy atom. The number of fused-ring (bicyclic) bond motifs is 4. The van der Waals surface area contributed by atoms with Crippen molar-refractivity contribution in [3.63, 3.8) is 0 Å². The maximum absolute atomic E-state index is 5.24. The first-order valence-corrected chi connectivity index (χ1v) is 16.4. The Balaban J connectivity index is 1.29. The zero-order chi connectivity index (χ0) is 32.3. The Morgan fingerprint density at radius 3 is 2.15 bits per heavy atom. The maximum Gasteiger partial charge on any atom is 0.160 e. The molecule has 0 radical (unpaired) electrons. The SMILES string of the molecule is C/C=C\C(=C/Cc1cc(-c2cccc(-c3cc4ccccc4c4ccccc34)c2)nc(-c2cccc3ccccc23)n1)c1cccnc1. The highest BCUT2D eigenvalue weighted by Gasteiger charge is 2.14. The number of pyridine rings is 1. The summed E-state index contributed by atoms with van der Waals surface area (Å²) in [4.78, 5) is 14.7. The molecule has 0 aliphatic heterocycles. The third-order valence-corrected chi connectivity index (χ3v) is 8.92. The summed E-state index contributed by atoms with van der Waals surface area (Å²) in [5.41, 5.74) is 8.50. The second-order valence-corrected chi connectivity index (χ2v) is 12.0. The highest BCUT2D eigenvalue weighted by atomic mass is 14.9. The molecule has 0 bridgehead atoms. The van der Waals surface area contributed by atoms with Crippen LogP contribution in [0.4, 0.5) is 0 Å². The maximum atomic E-state index is 5.24. The van der Waals surface area contributed by atoms with Crippen molar-refractivity contribution in [2.24, 2.45) is 0 Å². The molecule has 0 saturated heterocycles. The number of rotatable bonds is 7. The fourth-order valence-corrected chi connectivity index (χ4v) is 6.64. The van der Waals surface area contributed by atoms with Crippen molar-refractivity contribution in [1.82, 2.24) is 15.0 Å². The molecule has 0 saturated carbocycles. The number of hydrogen-bond acceptors (Lipinski definition) is 3. The van der Waals surface area contributed by atoms with Gasteiger partial charge in [-0.15, -0.1) is 0 Å². The van der Waals surface area contributed by atoms with Crippen molar-refractivity contribution in [2.75, 3.05) is 0 Å². The summed E-state index contributed by atoms with van der Waals surface area (Å²) in [6.07, 6.45) is 10.8. The number of nitrogens with zero attached hydrogens (tertiary/aromatic N) is 3. The lowest BCUT2D eigenvalue weighted by atomic mass is 9.92. The first-order chi connectivity index (χ1) is 23.7. The number of aromatic nitrogens is 3. The van der Waals surface area contributed by atoms with Gasteiger partial charge in [-0.2, -0.15) is 0 Å². The number of allylic oxidation sites excluding steroid dienone is 4. The van der Waals surface area contributed by atoms with E-state index < -0.39 is 0 Å². The fraction of sp³-hybridized carbons (Fsp3) is 0.0444. The molecule has 8 rings (SSSR count). The number of hydrogen-bond donors (Lipinski definition) is 0. The second kappa shape index (κ2) is 12.9. The molecule has 0 aliphatic rings. The molecule has 0 amide bonds. The van der Waals surface area contributed by atoms with Gasteiger partial charge in [0.15, 0.2) is 5.82 Å². The van der Waals surface area contributed by atoms with E-state index >= 15 is 0 Å². The normalized spacial score (nSPS) is 12.0. The monoisotopic (exact) mass is 615 g/mol. The second-order valence-electron chi connectivity index (χ2n) is 12.0. The molecule has 0 spiro atoms. The van der Waals surface area contributed by atoms with Crippen LogP contribution >= 0.6 is 0 Å². The molecule has 0 aliphatic carbocycles. The molecule has 48 heavy (non-hydrogen) atoms. The Kier molecular flexibility index (Phi) is 7.85. The third kappa shape index (κ3) is 5.67. The molecular formula is C45H33N3. The predicted molar refractivity (Wildman–Crippen MR) is 202 cm³/mol. The summed E-state index contributed by atoms with van der Waals surface area (Å²) in [6, 6.07) is 49.4. The lowest BCUT2D eigenvalue weighted by Gasteiger charge is -2.13. The lowest BCUT2D eigenvalue weighted by molar-refractivity contribution is 1.06. The predicted octanol–water partition coefficient (Wildman–Crippen LogP) is 11.5. The van der Waals surface area contributed by atoms with Crippen LogP contribution in [-0.2, 0) is 6.42 Å². The van der Waals surface area contributed by atoms with Crippen LogP contribution in [0, 0.1) is 0 Å². The van der Waals surface area contributed by atoms with Crippen molar-refractivity contribution in [3.05, 3.63) is 181 Å². The van der Waals surface area contributed by atoms with Crippen LogP contribution in [0.2, 0.25) is 0 Å². The van der Waals surface area contributed by atoms with E-state index in [4.69, 9.17) is 9.97 Å². The fourth-order valence-electron chi connectivity index (χ4n) is 6.64. The van der Waals surface area contributed by atoms with Crippen molar-refractivity contribution in [1.29, 1.82) is 0 Å². The van der Waals surface area contributed by atoms with E-state index in [0.29, 0.717) is 6.42 Å². The first-order valence-electron chi connectivity index (χ1n) is 16.4.